The summed E-state index contributed by atoms with van der Waals surface area (Å²) < 4.78 is 38.7. The number of hydrogen-bond acceptors (Lipinski definition) is 3. The van der Waals surface area contributed by atoms with Crippen LogP contribution in [0.5, 0.6) is 0 Å². The highest BCUT2D eigenvalue weighted by molar-refractivity contribution is 5.98. The Kier molecular flexibility index (Phi) is 3.74. The summed E-state index contributed by atoms with van der Waals surface area (Å²) in [6.45, 7) is 2.54. The van der Waals surface area contributed by atoms with Gasteiger partial charge in [-0.3, -0.25) is 9.59 Å². The largest absolute Gasteiger partial charge is 0.417 e. The van der Waals surface area contributed by atoms with Crippen molar-refractivity contribution in [1.29, 1.82) is 0 Å². The second-order valence-corrected chi connectivity index (χ2v) is 5.32. The van der Waals surface area contributed by atoms with E-state index in [2.05, 4.69) is 10.3 Å². The number of aromatic amines is 1. The summed E-state index contributed by atoms with van der Waals surface area (Å²) >= 11 is 0. The summed E-state index contributed by atoms with van der Waals surface area (Å²) in [6.07, 6.45) is -4.66. The molecular formula is C14H13F3N2O3. The molecule has 0 aliphatic rings. The third-order valence-corrected chi connectivity index (χ3v) is 2.96. The van der Waals surface area contributed by atoms with E-state index in [0.717, 1.165) is 6.07 Å². The molecule has 0 aliphatic heterocycles. The Bertz CT molecular complexity index is 788. The third kappa shape index (κ3) is 3.28. The number of amides is 1. The van der Waals surface area contributed by atoms with E-state index in [0.29, 0.717) is 6.07 Å². The molecule has 0 saturated heterocycles. The molecule has 0 radical (unpaired) electrons. The first kappa shape index (κ1) is 16.0. The summed E-state index contributed by atoms with van der Waals surface area (Å²) in [4.78, 5) is 25.3. The van der Waals surface area contributed by atoms with Gasteiger partial charge in [0.25, 0.3) is 5.91 Å². The van der Waals surface area contributed by atoms with Crippen LogP contribution in [-0.4, -0.2) is 21.6 Å². The van der Waals surface area contributed by atoms with Gasteiger partial charge in [-0.1, -0.05) is 6.07 Å². The topological polar surface area (TPSA) is 82.2 Å². The summed E-state index contributed by atoms with van der Waals surface area (Å²) in [5, 5.41) is 11.7. The van der Waals surface area contributed by atoms with Gasteiger partial charge in [0.05, 0.1) is 11.1 Å². The molecule has 2 rings (SSSR count). The van der Waals surface area contributed by atoms with Gasteiger partial charge in [-0.2, -0.15) is 13.2 Å². The number of anilines is 1. The molecule has 2 aromatic rings. The first-order valence-electron chi connectivity index (χ1n) is 6.26. The molecule has 0 unspecified atom stereocenters. The molecule has 0 spiro atoms. The number of pyridine rings is 1. The van der Waals surface area contributed by atoms with Crippen molar-refractivity contribution >= 4 is 22.5 Å². The predicted molar refractivity (Wildman–Crippen MR) is 74.5 cm³/mol. The molecule has 0 saturated carbocycles. The summed E-state index contributed by atoms with van der Waals surface area (Å²) in [6, 6.07) is 4.10. The zero-order valence-electron chi connectivity index (χ0n) is 11.7. The van der Waals surface area contributed by atoms with Crippen LogP contribution in [-0.2, 0) is 11.0 Å². The third-order valence-electron chi connectivity index (χ3n) is 2.96. The van der Waals surface area contributed by atoms with E-state index in [9.17, 15) is 27.9 Å². The maximum Gasteiger partial charge on any atom is 0.417 e. The molecule has 8 heteroatoms. The molecule has 1 aromatic carbocycles. The van der Waals surface area contributed by atoms with E-state index in [4.69, 9.17) is 0 Å². The summed E-state index contributed by atoms with van der Waals surface area (Å²) in [5.41, 5.74) is -3.49. The highest BCUT2D eigenvalue weighted by Crippen LogP contribution is 2.33. The number of carbonyl (C=O) groups is 1. The lowest BCUT2D eigenvalue weighted by atomic mass is 10.1. The minimum absolute atomic E-state index is 0.0617. The number of aromatic nitrogens is 1. The van der Waals surface area contributed by atoms with E-state index in [1.165, 1.54) is 26.0 Å². The van der Waals surface area contributed by atoms with Gasteiger partial charge in [-0.25, -0.2) is 0 Å². The van der Waals surface area contributed by atoms with Gasteiger partial charge in [-0.05, 0) is 26.0 Å². The molecule has 118 valence electrons. The first-order valence-corrected chi connectivity index (χ1v) is 6.26. The summed E-state index contributed by atoms with van der Waals surface area (Å²) in [5.74, 6) is -0.721. The van der Waals surface area contributed by atoms with Crippen molar-refractivity contribution < 1.29 is 23.1 Å². The van der Waals surface area contributed by atoms with E-state index in [1.807, 2.05) is 0 Å². The molecule has 1 amide bonds. The maximum atomic E-state index is 12.9. The van der Waals surface area contributed by atoms with Gasteiger partial charge in [0.2, 0.25) is 5.56 Å². The Morgan fingerprint density at radius 2 is 1.86 bits per heavy atom. The zero-order chi connectivity index (χ0) is 16.7. The van der Waals surface area contributed by atoms with Crippen molar-refractivity contribution in [3.63, 3.8) is 0 Å². The number of benzene rings is 1. The van der Waals surface area contributed by atoms with Crippen molar-refractivity contribution in [2.45, 2.75) is 25.6 Å². The van der Waals surface area contributed by atoms with Crippen LogP contribution < -0.4 is 10.9 Å². The number of fused-ring (bicyclic) bond motifs is 1. The minimum Gasteiger partial charge on any atom is -0.381 e. The molecule has 22 heavy (non-hydrogen) atoms. The number of halogens is 3. The second kappa shape index (κ2) is 5.13. The quantitative estimate of drug-likeness (QED) is 0.795. The normalized spacial score (nSPS) is 12.5. The highest BCUT2D eigenvalue weighted by Gasteiger charge is 2.33. The Morgan fingerprint density at radius 3 is 2.41 bits per heavy atom. The van der Waals surface area contributed by atoms with Crippen molar-refractivity contribution in [2.75, 3.05) is 5.32 Å². The lowest BCUT2D eigenvalue weighted by Gasteiger charge is -2.17. The van der Waals surface area contributed by atoms with Crippen LogP contribution >= 0.6 is 0 Å². The average Bonchev–Trinajstić information content (AvgIpc) is 2.35. The number of rotatable bonds is 2. The smallest absolute Gasteiger partial charge is 0.381 e. The number of hydrogen-bond donors (Lipinski definition) is 3. The minimum atomic E-state index is -4.66. The second-order valence-electron chi connectivity index (χ2n) is 5.32. The monoisotopic (exact) mass is 314 g/mol. The van der Waals surface area contributed by atoms with Crippen LogP contribution in [0.3, 0.4) is 0 Å². The predicted octanol–water partition coefficient (Wildman–Crippen LogP) is 2.26. The number of nitrogens with one attached hydrogen (secondary N) is 2. The van der Waals surface area contributed by atoms with E-state index in [-0.39, 0.29) is 16.6 Å². The standard InChI is InChI=1S/C14H13F3N2O3/c1-13(2,22)12(21)18-7-3-4-8-9(14(15,16)17)6-11(20)19-10(8)5-7/h3-6,22H,1-2H3,(H,18,21)(H,19,20). The molecule has 0 atom stereocenters. The van der Waals surface area contributed by atoms with Gasteiger partial charge < -0.3 is 15.4 Å². The van der Waals surface area contributed by atoms with E-state index in [1.54, 1.807) is 0 Å². The lowest BCUT2D eigenvalue weighted by molar-refractivity contribution is -0.136. The van der Waals surface area contributed by atoms with Crippen LogP contribution in [0.2, 0.25) is 0 Å². The van der Waals surface area contributed by atoms with Gasteiger partial charge in [-0.15, -0.1) is 0 Å². The molecular weight excluding hydrogens is 301 g/mol. The van der Waals surface area contributed by atoms with Crippen molar-refractivity contribution in [1.82, 2.24) is 4.98 Å². The van der Waals surface area contributed by atoms with Crippen LogP contribution in [0.1, 0.15) is 19.4 Å². The van der Waals surface area contributed by atoms with Gasteiger partial charge in [0.1, 0.15) is 5.60 Å². The fourth-order valence-corrected chi connectivity index (χ4v) is 1.86. The number of carbonyl (C=O) groups excluding carboxylic acids is 1. The molecule has 3 N–H and O–H groups in total. The average molecular weight is 314 g/mol. The SMILES string of the molecule is CC(C)(O)C(=O)Nc1ccc2c(C(F)(F)F)cc(=O)[nH]c2c1. The van der Waals surface area contributed by atoms with Crippen LogP contribution in [0.25, 0.3) is 10.9 Å². The van der Waals surface area contributed by atoms with E-state index < -0.39 is 28.8 Å². The van der Waals surface area contributed by atoms with Gasteiger partial charge in [0.15, 0.2) is 0 Å². The van der Waals surface area contributed by atoms with Crippen molar-refractivity contribution in [2.24, 2.45) is 0 Å². The van der Waals surface area contributed by atoms with Gasteiger partial charge in [0, 0.05) is 17.1 Å². The first-order chi connectivity index (χ1) is 9.98. The number of alkyl halides is 3. The fourth-order valence-electron chi connectivity index (χ4n) is 1.86. The Hall–Kier alpha value is -2.35. The zero-order valence-corrected chi connectivity index (χ0v) is 11.7. The molecule has 0 aliphatic carbocycles. The number of H-pyrrole nitrogens is 1. The maximum absolute atomic E-state index is 12.9. The van der Waals surface area contributed by atoms with Crippen LogP contribution in [0.4, 0.5) is 18.9 Å². The Labute approximate surface area is 122 Å². The van der Waals surface area contributed by atoms with Crippen molar-refractivity contribution in [3.8, 4) is 0 Å². The van der Waals surface area contributed by atoms with E-state index >= 15 is 0 Å². The fraction of sp³-hybridized carbons (Fsp3) is 0.286. The highest BCUT2D eigenvalue weighted by atomic mass is 19.4. The number of aliphatic hydroxyl groups is 1. The summed E-state index contributed by atoms with van der Waals surface area (Å²) in [7, 11) is 0. The van der Waals surface area contributed by atoms with Crippen LogP contribution in [0, 0.1) is 0 Å². The Balaban J connectivity index is 2.53. The molecule has 1 heterocycles. The molecule has 1 aromatic heterocycles. The molecule has 5 nitrogen and oxygen atoms in total. The van der Waals surface area contributed by atoms with Gasteiger partial charge >= 0.3 is 6.18 Å². The Morgan fingerprint density at radius 1 is 1.23 bits per heavy atom. The lowest BCUT2D eigenvalue weighted by Crippen LogP contribution is -2.36. The van der Waals surface area contributed by atoms with Crippen molar-refractivity contribution in [3.05, 3.63) is 40.2 Å². The molecule has 0 fully saturated rings. The van der Waals surface area contributed by atoms with Crippen LogP contribution in [0.15, 0.2) is 29.1 Å². The molecule has 0 bridgehead atoms.